The van der Waals surface area contributed by atoms with Gasteiger partial charge in [0.05, 0.1) is 12.6 Å². The molecule has 0 aliphatic rings. The van der Waals surface area contributed by atoms with Crippen LogP contribution in [0.15, 0.2) is 28.8 Å². The molecule has 1 atom stereocenters. The molecule has 0 spiro atoms. The molecule has 3 N–H and O–H groups in total. The van der Waals surface area contributed by atoms with E-state index in [2.05, 4.69) is 32.7 Å². The van der Waals surface area contributed by atoms with Crippen LogP contribution in [0, 0.1) is 3.57 Å². The van der Waals surface area contributed by atoms with E-state index < -0.39 is 6.04 Å². The lowest BCUT2D eigenvalue weighted by Gasteiger charge is -1.98. The maximum Gasteiger partial charge on any atom is 0.258 e. The normalized spacial score (nSPS) is 12.7. The van der Waals surface area contributed by atoms with Gasteiger partial charge in [-0.3, -0.25) is 0 Å². The lowest BCUT2D eigenvalue weighted by atomic mass is 10.2. The molecule has 5 nitrogen and oxygen atoms in total. The number of hydrogen-bond acceptors (Lipinski definition) is 5. The number of nitrogens with two attached hydrogens (primary N) is 1. The SMILES string of the molecule is NC(CO)c1noc(-c2cccc(I)c2)n1. The van der Waals surface area contributed by atoms with E-state index in [1.54, 1.807) is 0 Å². The Morgan fingerprint density at radius 1 is 1.50 bits per heavy atom. The van der Waals surface area contributed by atoms with Gasteiger partial charge in [0.25, 0.3) is 5.89 Å². The fourth-order valence-corrected chi connectivity index (χ4v) is 1.75. The van der Waals surface area contributed by atoms with Gasteiger partial charge in [0.1, 0.15) is 0 Å². The molecule has 84 valence electrons. The van der Waals surface area contributed by atoms with E-state index in [1.165, 1.54) is 0 Å². The highest BCUT2D eigenvalue weighted by atomic mass is 127. The number of nitrogens with zero attached hydrogens (tertiary/aromatic N) is 2. The van der Waals surface area contributed by atoms with Crippen LogP contribution in [0.2, 0.25) is 0 Å². The van der Waals surface area contributed by atoms with Gasteiger partial charge in [0.2, 0.25) is 0 Å². The Bertz CT molecular complexity index is 486. The van der Waals surface area contributed by atoms with Crippen molar-refractivity contribution in [1.29, 1.82) is 0 Å². The quantitative estimate of drug-likeness (QED) is 0.829. The number of halogens is 1. The molecule has 0 aliphatic carbocycles. The summed E-state index contributed by atoms with van der Waals surface area (Å²) in [6.07, 6.45) is 0. The number of rotatable bonds is 3. The molecule has 0 saturated heterocycles. The minimum atomic E-state index is -0.597. The monoisotopic (exact) mass is 331 g/mol. The smallest absolute Gasteiger partial charge is 0.258 e. The summed E-state index contributed by atoms with van der Waals surface area (Å²) in [4.78, 5) is 4.13. The minimum Gasteiger partial charge on any atom is -0.394 e. The summed E-state index contributed by atoms with van der Waals surface area (Å²) in [5.41, 5.74) is 6.42. The molecule has 6 heteroatoms. The molecule has 0 radical (unpaired) electrons. The summed E-state index contributed by atoms with van der Waals surface area (Å²) in [5, 5.41) is 12.6. The van der Waals surface area contributed by atoms with E-state index in [0.29, 0.717) is 11.7 Å². The largest absolute Gasteiger partial charge is 0.394 e. The Labute approximate surface area is 106 Å². The third-order valence-corrected chi connectivity index (χ3v) is 2.71. The molecule has 1 unspecified atom stereocenters. The Morgan fingerprint density at radius 3 is 3.00 bits per heavy atom. The zero-order chi connectivity index (χ0) is 11.5. The van der Waals surface area contributed by atoms with Gasteiger partial charge < -0.3 is 15.4 Å². The molecule has 2 rings (SSSR count). The zero-order valence-corrected chi connectivity index (χ0v) is 10.5. The lowest BCUT2D eigenvalue weighted by molar-refractivity contribution is 0.260. The van der Waals surface area contributed by atoms with Crippen molar-refractivity contribution in [3.8, 4) is 11.5 Å². The van der Waals surface area contributed by atoms with Gasteiger partial charge in [-0.15, -0.1) is 0 Å². The van der Waals surface area contributed by atoms with Crippen molar-refractivity contribution < 1.29 is 9.63 Å². The molecule has 2 aromatic rings. The van der Waals surface area contributed by atoms with Crippen LogP contribution in [0.5, 0.6) is 0 Å². The van der Waals surface area contributed by atoms with Crippen molar-refractivity contribution in [3.63, 3.8) is 0 Å². The van der Waals surface area contributed by atoms with Gasteiger partial charge >= 0.3 is 0 Å². The van der Waals surface area contributed by atoms with Gasteiger partial charge in [-0.2, -0.15) is 4.98 Å². The lowest BCUT2D eigenvalue weighted by Crippen LogP contribution is -2.15. The van der Waals surface area contributed by atoms with Gasteiger partial charge in [-0.25, -0.2) is 0 Å². The Hall–Kier alpha value is -0.990. The standard InChI is InChI=1S/C10H10IN3O2/c11-7-3-1-2-6(4-7)10-13-9(14-16-10)8(12)5-15/h1-4,8,15H,5,12H2. The van der Waals surface area contributed by atoms with Crippen LogP contribution < -0.4 is 5.73 Å². The first-order valence-electron chi connectivity index (χ1n) is 4.66. The molecule has 0 saturated carbocycles. The summed E-state index contributed by atoms with van der Waals surface area (Å²) in [6.45, 7) is -0.203. The highest BCUT2D eigenvalue weighted by molar-refractivity contribution is 14.1. The molecule has 0 fully saturated rings. The fraction of sp³-hybridized carbons (Fsp3) is 0.200. The van der Waals surface area contributed by atoms with E-state index in [1.807, 2.05) is 24.3 Å². The van der Waals surface area contributed by atoms with Gasteiger partial charge in [-0.1, -0.05) is 11.2 Å². The molecule has 0 amide bonds. The second kappa shape index (κ2) is 4.89. The summed E-state index contributed by atoms with van der Waals surface area (Å²) >= 11 is 2.21. The number of hydrogen-bond donors (Lipinski definition) is 2. The van der Waals surface area contributed by atoms with Crippen molar-refractivity contribution in [3.05, 3.63) is 33.7 Å². The fourth-order valence-electron chi connectivity index (χ4n) is 1.21. The second-order valence-corrected chi connectivity index (χ2v) is 4.50. The Morgan fingerprint density at radius 2 is 2.31 bits per heavy atom. The van der Waals surface area contributed by atoms with Crippen LogP contribution in [-0.2, 0) is 0 Å². The van der Waals surface area contributed by atoms with Crippen LogP contribution in [0.1, 0.15) is 11.9 Å². The molecule has 16 heavy (non-hydrogen) atoms. The van der Waals surface area contributed by atoms with Crippen molar-refractivity contribution in [2.24, 2.45) is 5.73 Å². The summed E-state index contributed by atoms with van der Waals surface area (Å²) in [5.74, 6) is 0.730. The Kier molecular flexibility index (Phi) is 3.52. The van der Waals surface area contributed by atoms with Crippen LogP contribution in [0.3, 0.4) is 0 Å². The average Bonchev–Trinajstić information content (AvgIpc) is 2.77. The molecular formula is C10H10IN3O2. The van der Waals surface area contributed by atoms with Gasteiger partial charge in [0, 0.05) is 9.13 Å². The first kappa shape index (κ1) is 11.5. The van der Waals surface area contributed by atoms with Crippen molar-refractivity contribution in [2.75, 3.05) is 6.61 Å². The number of benzene rings is 1. The third kappa shape index (κ3) is 2.39. The summed E-state index contributed by atoms with van der Waals surface area (Å²) in [6, 6.07) is 7.10. The maximum atomic E-state index is 8.86. The van der Waals surface area contributed by atoms with Crippen LogP contribution in [0.4, 0.5) is 0 Å². The average molecular weight is 331 g/mol. The molecule has 1 aromatic carbocycles. The summed E-state index contributed by atoms with van der Waals surface area (Å²) in [7, 11) is 0. The first-order valence-corrected chi connectivity index (χ1v) is 5.74. The molecular weight excluding hydrogens is 321 g/mol. The van der Waals surface area contributed by atoms with E-state index >= 15 is 0 Å². The van der Waals surface area contributed by atoms with E-state index in [0.717, 1.165) is 9.13 Å². The van der Waals surface area contributed by atoms with Crippen molar-refractivity contribution in [1.82, 2.24) is 10.1 Å². The first-order chi connectivity index (χ1) is 7.70. The van der Waals surface area contributed by atoms with E-state index in [-0.39, 0.29) is 6.61 Å². The Balaban J connectivity index is 2.31. The zero-order valence-electron chi connectivity index (χ0n) is 8.30. The number of aliphatic hydroxyl groups excluding tert-OH is 1. The van der Waals surface area contributed by atoms with E-state index in [9.17, 15) is 0 Å². The van der Waals surface area contributed by atoms with Crippen molar-refractivity contribution in [2.45, 2.75) is 6.04 Å². The molecule has 0 bridgehead atoms. The van der Waals surface area contributed by atoms with Crippen LogP contribution in [-0.4, -0.2) is 21.9 Å². The van der Waals surface area contributed by atoms with Crippen molar-refractivity contribution >= 4 is 22.6 Å². The highest BCUT2D eigenvalue weighted by Crippen LogP contribution is 2.20. The van der Waals surface area contributed by atoms with Gasteiger partial charge in [0.15, 0.2) is 5.82 Å². The summed E-state index contributed by atoms with van der Waals surface area (Å²) < 4.78 is 6.16. The minimum absolute atomic E-state index is 0.203. The molecule has 0 aliphatic heterocycles. The van der Waals surface area contributed by atoms with E-state index in [4.69, 9.17) is 15.4 Å². The number of aliphatic hydroxyl groups is 1. The topological polar surface area (TPSA) is 85.2 Å². The maximum absolute atomic E-state index is 8.86. The van der Waals surface area contributed by atoms with Crippen LogP contribution in [0.25, 0.3) is 11.5 Å². The number of aromatic nitrogens is 2. The predicted molar refractivity (Wildman–Crippen MR) is 66.5 cm³/mol. The predicted octanol–water partition coefficient (Wildman–Crippen LogP) is 1.33. The van der Waals surface area contributed by atoms with Gasteiger partial charge in [-0.05, 0) is 40.8 Å². The van der Waals surface area contributed by atoms with Crippen LogP contribution >= 0.6 is 22.6 Å². The third-order valence-electron chi connectivity index (χ3n) is 2.04. The second-order valence-electron chi connectivity index (χ2n) is 3.26. The molecule has 1 aromatic heterocycles. The highest BCUT2D eigenvalue weighted by Gasteiger charge is 2.14. The molecule has 1 heterocycles.